The van der Waals surface area contributed by atoms with E-state index >= 15 is 4.39 Å². The van der Waals surface area contributed by atoms with E-state index in [1.54, 1.807) is 24.0 Å². The monoisotopic (exact) mass is 505 g/mol. The summed E-state index contributed by atoms with van der Waals surface area (Å²) >= 11 is 7.22. The first kappa shape index (κ1) is 23.1. The van der Waals surface area contributed by atoms with Crippen molar-refractivity contribution in [2.45, 2.75) is 38.3 Å². The summed E-state index contributed by atoms with van der Waals surface area (Å²) < 4.78 is 15.1. The molecule has 1 aliphatic heterocycles. The van der Waals surface area contributed by atoms with Crippen molar-refractivity contribution in [2.24, 2.45) is 0 Å². The van der Waals surface area contributed by atoms with Crippen LogP contribution in [0.4, 0.5) is 15.8 Å². The van der Waals surface area contributed by atoms with Crippen molar-refractivity contribution in [3.05, 3.63) is 75.5 Å². The van der Waals surface area contributed by atoms with Crippen LogP contribution in [0.1, 0.15) is 45.8 Å². The zero-order valence-electron chi connectivity index (χ0n) is 18.7. The van der Waals surface area contributed by atoms with Crippen LogP contribution in [0.15, 0.2) is 48.0 Å². The molecule has 1 N–H and O–H groups in total. The van der Waals surface area contributed by atoms with Crippen LogP contribution in [0, 0.1) is 24.1 Å². The van der Waals surface area contributed by atoms with E-state index < -0.39 is 17.3 Å². The molecule has 2 aliphatic rings. The lowest BCUT2D eigenvalue weighted by molar-refractivity contribution is -0.123. The zero-order valence-corrected chi connectivity index (χ0v) is 20.4. The Balaban J connectivity index is 1.44. The van der Waals surface area contributed by atoms with Gasteiger partial charge in [-0.15, -0.1) is 11.3 Å². The zero-order chi connectivity index (χ0) is 24.7. The van der Waals surface area contributed by atoms with Crippen LogP contribution < -0.4 is 15.1 Å². The molecular formula is C25H20FN5O2S2. The number of carbonyl (C=O) groups excluding carboxylic acids is 2. The van der Waals surface area contributed by atoms with E-state index in [4.69, 9.17) is 12.2 Å². The van der Waals surface area contributed by atoms with Gasteiger partial charge in [0.15, 0.2) is 5.11 Å². The molecule has 1 aromatic carbocycles. The van der Waals surface area contributed by atoms with Crippen LogP contribution in [-0.4, -0.2) is 27.4 Å². The molecule has 1 saturated carbocycles. The van der Waals surface area contributed by atoms with Crippen molar-refractivity contribution >= 4 is 51.9 Å². The summed E-state index contributed by atoms with van der Waals surface area (Å²) in [6, 6.07) is 11.8. The number of thiophene rings is 1. The first-order valence-electron chi connectivity index (χ1n) is 11.0. The molecule has 1 aliphatic carbocycles. The molecule has 7 nitrogen and oxygen atoms in total. The number of pyridine rings is 1. The number of thiocarbonyl (C=S) groups is 1. The minimum absolute atomic E-state index is 0.0758. The van der Waals surface area contributed by atoms with Crippen molar-refractivity contribution in [3.63, 3.8) is 0 Å². The highest BCUT2D eigenvalue weighted by molar-refractivity contribution is 7.81. The molecule has 1 saturated heterocycles. The SMILES string of the molecule is Cc1cc(N2C(=O)C3(CCC3)N(c3ccc(C(=O)NCc4cccs4)c(F)c3)C2=S)cnc1C#N. The van der Waals surface area contributed by atoms with Gasteiger partial charge in [0.2, 0.25) is 0 Å². The van der Waals surface area contributed by atoms with Gasteiger partial charge < -0.3 is 10.2 Å². The highest BCUT2D eigenvalue weighted by atomic mass is 32.1. The molecule has 0 atom stereocenters. The second kappa shape index (κ2) is 8.83. The van der Waals surface area contributed by atoms with Crippen LogP contribution >= 0.6 is 23.6 Å². The number of benzene rings is 1. The summed E-state index contributed by atoms with van der Waals surface area (Å²) in [5, 5.41) is 14.0. The Kier molecular flexibility index (Phi) is 5.83. The minimum atomic E-state index is -0.895. The van der Waals surface area contributed by atoms with Gasteiger partial charge in [0.05, 0.1) is 24.0 Å². The first-order chi connectivity index (χ1) is 16.9. The van der Waals surface area contributed by atoms with Crippen LogP contribution in [-0.2, 0) is 11.3 Å². The maximum absolute atomic E-state index is 15.1. The fraction of sp³-hybridized carbons (Fsp3) is 0.240. The van der Waals surface area contributed by atoms with Gasteiger partial charge in [-0.2, -0.15) is 5.26 Å². The molecule has 5 rings (SSSR count). The average Bonchev–Trinajstić information content (AvgIpc) is 3.41. The van der Waals surface area contributed by atoms with Crippen LogP contribution in [0.2, 0.25) is 0 Å². The van der Waals surface area contributed by atoms with Gasteiger partial charge in [-0.05, 0) is 79.7 Å². The number of aromatic nitrogens is 1. The Hall–Kier alpha value is -3.68. The molecule has 3 aromatic rings. The molecule has 35 heavy (non-hydrogen) atoms. The summed E-state index contributed by atoms with van der Waals surface area (Å²) in [6.07, 6.45) is 3.45. The molecule has 1 spiro atoms. The molecule has 10 heteroatoms. The summed E-state index contributed by atoms with van der Waals surface area (Å²) in [6.45, 7) is 2.06. The van der Waals surface area contributed by atoms with Crippen molar-refractivity contribution in [1.82, 2.24) is 10.3 Å². The Morgan fingerprint density at radius 1 is 1.31 bits per heavy atom. The molecule has 2 aromatic heterocycles. The van der Waals surface area contributed by atoms with E-state index in [9.17, 15) is 14.9 Å². The molecule has 2 fully saturated rings. The first-order valence-corrected chi connectivity index (χ1v) is 12.3. The molecule has 0 bridgehead atoms. The lowest BCUT2D eigenvalue weighted by Crippen LogP contribution is -2.55. The van der Waals surface area contributed by atoms with Crippen LogP contribution in [0.25, 0.3) is 0 Å². The second-order valence-electron chi connectivity index (χ2n) is 8.54. The van der Waals surface area contributed by atoms with E-state index in [-0.39, 0.29) is 22.3 Å². The number of hydrogen-bond donors (Lipinski definition) is 1. The number of anilines is 2. The Labute approximate surface area is 210 Å². The Morgan fingerprint density at radius 3 is 2.71 bits per heavy atom. The number of aryl methyl sites for hydroxylation is 1. The predicted molar refractivity (Wildman–Crippen MR) is 135 cm³/mol. The van der Waals surface area contributed by atoms with Crippen LogP contribution in [0.5, 0.6) is 0 Å². The van der Waals surface area contributed by atoms with E-state index in [1.165, 1.54) is 34.6 Å². The van der Waals surface area contributed by atoms with Crippen molar-refractivity contribution in [3.8, 4) is 6.07 Å². The summed E-state index contributed by atoms with van der Waals surface area (Å²) in [7, 11) is 0. The lowest BCUT2D eigenvalue weighted by Gasteiger charge is -2.43. The topological polar surface area (TPSA) is 89.3 Å². The van der Waals surface area contributed by atoms with Crippen molar-refractivity contribution in [2.75, 3.05) is 9.80 Å². The number of amides is 2. The number of nitriles is 1. The van der Waals surface area contributed by atoms with Gasteiger partial charge in [-0.25, -0.2) is 9.37 Å². The largest absolute Gasteiger partial charge is 0.347 e. The number of nitrogens with zero attached hydrogens (tertiary/aromatic N) is 4. The Bertz CT molecular complexity index is 1400. The number of rotatable bonds is 5. The summed E-state index contributed by atoms with van der Waals surface area (Å²) in [5.74, 6) is -1.40. The number of halogens is 1. The third-order valence-corrected chi connectivity index (χ3v) is 7.72. The van der Waals surface area contributed by atoms with Gasteiger partial charge in [-0.1, -0.05) is 6.07 Å². The molecule has 0 unspecified atom stereocenters. The molecule has 3 heterocycles. The number of hydrogen-bond acceptors (Lipinski definition) is 6. The standard InChI is InChI=1S/C25H20FN5O2S2/c1-15-10-17(13-28-21(15)12-27)30-23(33)25(7-3-8-25)31(24(30)34)16-5-6-19(20(26)11-16)22(32)29-14-18-4-2-9-35-18/h2,4-6,9-11,13H,3,7-8,14H2,1H3,(H,29,32). The quantitative estimate of drug-likeness (QED) is 0.516. The highest BCUT2D eigenvalue weighted by Gasteiger charge is 2.59. The molecule has 0 radical (unpaired) electrons. The maximum Gasteiger partial charge on any atom is 0.259 e. The van der Waals surface area contributed by atoms with Gasteiger partial charge in [-0.3, -0.25) is 14.5 Å². The fourth-order valence-electron chi connectivity index (χ4n) is 4.51. The molecule has 2 amide bonds. The van der Waals surface area contributed by atoms with Gasteiger partial charge in [0.1, 0.15) is 23.1 Å². The lowest BCUT2D eigenvalue weighted by atomic mass is 9.75. The number of carbonyl (C=O) groups is 2. The van der Waals surface area contributed by atoms with E-state index in [1.807, 2.05) is 23.6 Å². The van der Waals surface area contributed by atoms with E-state index in [0.29, 0.717) is 36.3 Å². The molecular weight excluding hydrogens is 485 g/mol. The van der Waals surface area contributed by atoms with Crippen molar-refractivity contribution < 1.29 is 14.0 Å². The third-order valence-electron chi connectivity index (χ3n) is 6.48. The van der Waals surface area contributed by atoms with E-state index in [0.717, 1.165) is 11.3 Å². The van der Waals surface area contributed by atoms with Gasteiger partial charge in [0, 0.05) is 10.6 Å². The van der Waals surface area contributed by atoms with Gasteiger partial charge >= 0.3 is 0 Å². The maximum atomic E-state index is 15.1. The summed E-state index contributed by atoms with van der Waals surface area (Å²) in [4.78, 5) is 34.3. The molecule has 176 valence electrons. The highest BCUT2D eigenvalue weighted by Crippen LogP contribution is 2.48. The van der Waals surface area contributed by atoms with E-state index in [2.05, 4.69) is 10.3 Å². The Morgan fingerprint density at radius 2 is 2.11 bits per heavy atom. The predicted octanol–water partition coefficient (Wildman–Crippen LogP) is 4.45. The van der Waals surface area contributed by atoms with Crippen molar-refractivity contribution in [1.29, 1.82) is 5.26 Å². The minimum Gasteiger partial charge on any atom is -0.347 e. The second-order valence-corrected chi connectivity index (χ2v) is 9.94. The van der Waals surface area contributed by atoms with Gasteiger partial charge in [0.25, 0.3) is 11.8 Å². The fourth-order valence-corrected chi connectivity index (χ4v) is 5.62. The van der Waals surface area contributed by atoms with Crippen LogP contribution in [0.3, 0.4) is 0 Å². The number of nitrogens with one attached hydrogen (secondary N) is 1. The average molecular weight is 506 g/mol. The normalized spacial score (nSPS) is 16.4. The summed E-state index contributed by atoms with van der Waals surface area (Å²) in [5.41, 5.74) is 0.816. The smallest absolute Gasteiger partial charge is 0.259 e. The third kappa shape index (κ3) is 3.77.